The number of hydrogen-bond donors (Lipinski definition) is 1. The van der Waals surface area contributed by atoms with E-state index in [1.165, 1.54) is 0 Å². The van der Waals surface area contributed by atoms with E-state index in [2.05, 4.69) is 10.2 Å². The van der Waals surface area contributed by atoms with Crippen LogP contribution in [0.25, 0.3) is 17.0 Å². The largest absolute Gasteiger partial charge is 0.496 e. The molecule has 0 saturated carbocycles. The van der Waals surface area contributed by atoms with Crippen LogP contribution < -0.4 is 10.5 Å². The predicted octanol–water partition coefficient (Wildman–Crippen LogP) is 2.30. The van der Waals surface area contributed by atoms with Crippen molar-refractivity contribution in [3.8, 4) is 17.1 Å². The van der Waals surface area contributed by atoms with E-state index in [1.54, 1.807) is 13.2 Å². The lowest BCUT2D eigenvalue weighted by molar-refractivity contribution is 0.416. The minimum Gasteiger partial charge on any atom is -0.496 e. The van der Waals surface area contributed by atoms with Crippen molar-refractivity contribution in [2.45, 2.75) is 6.92 Å². The normalized spacial score (nSPS) is 10.8. The summed E-state index contributed by atoms with van der Waals surface area (Å²) in [4.78, 5) is 0. The van der Waals surface area contributed by atoms with E-state index in [1.807, 2.05) is 41.8 Å². The van der Waals surface area contributed by atoms with Gasteiger partial charge in [-0.25, -0.2) is 0 Å². The standard InChI is InChI=1S/C14H14N4O/c1-9-5-6-18-13(7-9)16-17-14(18)11-4-3-10(15)8-12(11)19-2/h3-8H,15H2,1-2H3. The number of pyridine rings is 1. The van der Waals surface area contributed by atoms with Crippen LogP contribution in [0, 0.1) is 6.92 Å². The van der Waals surface area contributed by atoms with E-state index in [4.69, 9.17) is 10.5 Å². The molecular formula is C14H14N4O. The molecule has 0 spiro atoms. The number of hydrogen-bond acceptors (Lipinski definition) is 4. The Labute approximate surface area is 110 Å². The van der Waals surface area contributed by atoms with Crippen molar-refractivity contribution in [3.63, 3.8) is 0 Å². The van der Waals surface area contributed by atoms with Crippen LogP contribution in [-0.4, -0.2) is 21.7 Å². The van der Waals surface area contributed by atoms with Crippen molar-refractivity contribution in [3.05, 3.63) is 42.1 Å². The van der Waals surface area contributed by atoms with E-state index < -0.39 is 0 Å². The fourth-order valence-corrected chi connectivity index (χ4v) is 2.07. The molecule has 5 nitrogen and oxygen atoms in total. The second-order valence-electron chi connectivity index (χ2n) is 4.42. The Kier molecular flexibility index (Phi) is 2.59. The van der Waals surface area contributed by atoms with Crippen LogP contribution in [0.1, 0.15) is 5.56 Å². The van der Waals surface area contributed by atoms with Crippen LogP contribution in [0.5, 0.6) is 5.75 Å². The number of ether oxygens (including phenoxy) is 1. The minimum absolute atomic E-state index is 0.658. The smallest absolute Gasteiger partial charge is 0.172 e. The molecule has 0 unspecified atom stereocenters. The lowest BCUT2D eigenvalue weighted by Crippen LogP contribution is -1.95. The number of anilines is 1. The molecule has 0 amide bonds. The third-order valence-electron chi connectivity index (χ3n) is 3.03. The van der Waals surface area contributed by atoms with E-state index in [0.717, 1.165) is 22.6 Å². The Hall–Kier alpha value is -2.56. The lowest BCUT2D eigenvalue weighted by Gasteiger charge is -2.08. The molecule has 2 heterocycles. The average Bonchev–Trinajstić information content (AvgIpc) is 2.81. The molecule has 0 aliphatic rings. The van der Waals surface area contributed by atoms with Crippen molar-refractivity contribution in [2.24, 2.45) is 0 Å². The van der Waals surface area contributed by atoms with Crippen LogP contribution in [0.2, 0.25) is 0 Å². The molecule has 5 heteroatoms. The minimum atomic E-state index is 0.658. The fourth-order valence-electron chi connectivity index (χ4n) is 2.07. The summed E-state index contributed by atoms with van der Waals surface area (Å²) in [6.07, 6.45) is 1.95. The highest BCUT2D eigenvalue weighted by atomic mass is 16.5. The average molecular weight is 254 g/mol. The summed E-state index contributed by atoms with van der Waals surface area (Å²) in [6, 6.07) is 9.51. The predicted molar refractivity (Wildman–Crippen MR) is 74.1 cm³/mol. The molecule has 19 heavy (non-hydrogen) atoms. The van der Waals surface area contributed by atoms with Gasteiger partial charge >= 0.3 is 0 Å². The highest BCUT2D eigenvalue weighted by Crippen LogP contribution is 2.30. The molecule has 2 aromatic heterocycles. The molecule has 0 atom stereocenters. The molecule has 0 saturated heterocycles. The van der Waals surface area contributed by atoms with Gasteiger partial charge in [0, 0.05) is 18.0 Å². The third-order valence-corrected chi connectivity index (χ3v) is 3.03. The molecule has 0 aliphatic heterocycles. The van der Waals surface area contributed by atoms with Gasteiger partial charge in [-0.05, 0) is 36.8 Å². The number of nitrogen functional groups attached to an aromatic ring is 1. The van der Waals surface area contributed by atoms with Crippen molar-refractivity contribution in [1.82, 2.24) is 14.6 Å². The van der Waals surface area contributed by atoms with E-state index in [-0.39, 0.29) is 0 Å². The Morgan fingerprint density at radius 2 is 2.00 bits per heavy atom. The number of nitrogens with zero attached hydrogens (tertiary/aromatic N) is 3. The van der Waals surface area contributed by atoms with Crippen LogP contribution in [0.4, 0.5) is 5.69 Å². The summed E-state index contributed by atoms with van der Waals surface area (Å²) in [7, 11) is 1.62. The van der Waals surface area contributed by atoms with Crippen molar-refractivity contribution in [2.75, 3.05) is 12.8 Å². The van der Waals surface area contributed by atoms with Gasteiger partial charge in [-0.3, -0.25) is 4.40 Å². The van der Waals surface area contributed by atoms with Gasteiger partial charge < -0.3 is 10.5 Å². The van der Waals surface area contributed by atoms with Gasteiger partial charge in [0.2, 0.25) is 0 Å². The van der Waals surface area contributed by atoms with Crippen LogP contribution >= 0.6 is 0 Å². The highest BCUT2D eigenvalue weighted by molar-refractivity contribution is 5.69. The van der Waals surface area contributed by atoms with Crippen molar-refractivity contribution < 1.29 is 4.74 Å². The molecule has 0 bridgehead atoms. The number of aromatic nitrogens is 3. The number of fused-ring (bicyclic) bond motifs is 1. The quantitative estimate of drug-likeness (QED) is 0.713. The van der Waals surface area contributed by atoms with Gasteiger partial charge in [0.05, 0.1) is 12.7 Å². The molecule has 0 aliphatic carbocycles. The second-order valence-corrected chi connectivity index (χ2v) is 4.42. The number of nitrogens with two attached hydrogens (primary N) is 1. The van der Waals surface area contributed by atoms with Gasteiger partial charge in [-0.2, -0.15) is 0 Å². The van der Waals surface area contributed by atoms with Crippen molar-refractivity contribution in [1.29, 1.82) is 0 Å². The second kappa shape index (κ2) is 4.28. The van der Waals surface area contributed by atoms with Crippen LogP contribution in [-0.2, 0) is 0 Å². The molecule has 3 aromatic rings. The van der Waals surface area contributed by atoms with Gasteiger partial charge in [0.15, 0.2) is 11.5 Å². The highest BCUT2D eigenvalue weighted by Gasteiger charge is 2.13. The van der Waals surface area contributed by atoms with Gasteiger partial charge in [0.1, 0.15) is 5.75 Å². The molecule has 96 valence electrons. The third kappa shape index (κ3) is 1.89. The summed E-state index contributed by atoms with van der Waals surface area (Å²) < 4.78 is 7.29. The molecule has 0 radical (unpaired) electrons. The van der Waals surface area contributed by atoms with Gasteiger partial charge in [-0.15, -0.1) is 10.2 Å². The van der Waals surface area contributed by atoms with Crippen molar-refractivity contribution >= 4 is 11.3 Å². The zero-order valence-corrected chi connectivity index (χ0v) is 10.8. The Morgan fingerprint density at radius 1 is 1.16 bits per heavy atom. The SMILES string of the molecule is COc1cc(N)ccc1-c1nnc2cc(C)ccn12. The Bertz CT molecular complexity index is 748. The molecule has 0 fully saturated rings. The fraction of sp³-hybridized carbons (Fsp3) is 0.143. The maximum Gasteiger partial charge on any atom is 0.172 e. The number of benzene rings is 1. The molecular weight excluding hydrogens is 240 g/mol. The van der Waals surface area contributed by atoms with Gasteiger partial charge in [-0.1, -0.05) is 0 Å². The summed E-state index contributed by atoms with van der Waals surface area (Å²) in [5.41, 5.74) is 9.25. The molecule has 1 aromatic carbocycles. The molecule has 3 rings (SSSR count). The maximum atomic E-state index is 5.77. The number of aryl methyl sites for hydroxylation is 1. The Balaban J connectivity index is 2.24. The zero-order chi connectivity index (χ0) is 13.4. The first-order chi connectivity index (χ1) is 9.19. The summed E-state index contributed by atoms with van der Waals surface area (Å²) in [6.45, 7) is 2.03. The van der Waals surface area contributed by atoms with E-state index in [9.17, 15) is 0 Å². The van der Waals surface area contributed by atoms with Crippen LogP contribution in [0.3, 0.4) is 0 Å². The number of methoxy groups -OCH3 is 1. The first-order valence-corrected chi connectivity index (χ1v) is 5.94. The first kappa shape index (κ1) is 11.5. The van der Waals surface area contributed by atoms with Crippen LogP contribution in [0.15, 0.2) is 36.5 Å². The Morgan fingerprint density at radius 3 is 2.79 bits per heavy atom. The zero-order valence-electron chi connectivity index (χ0n) is 10.8. The first-order valence-electron chi connectivity index (χ1n) is 5.94. The van der Waals surface area contributed by atoms with E-state index >= 15 is 0 Å². The topological polar surface area (TPSA) is 65.4 Å². The van der Waals surface area contributed by atoms with E-state index in [0.29, 0.717) is 11.4 Å². The number of rotatable bonds is 2. The monoisotopic (exact) mass is 254 g/mol. The summed E-state index contributed by atoms with van der Waals surface area (Å²) in [5, 5.41) is 8.42. The summed E-state index contributed by atoms with van der Waals surface area (Å²) in [5.74, 6) is 1.43. The van der Waals surface area contributed by atoms with Gasteiger partial charge in [0.25, 0.3) is 0 Å². The molecule has 2 N–H and O–H groups in total. The lowest BCUT2D eigenvalue weighted by atomic mass is 10.1. The maximum absolute atomic E-state index is 5.77. The summed E-state index contributed by atoms with van der Waals surface area (Å²) >= 11 is 0.